The van der Waals surface area contributed by atoms with Gasteiger partial charge in [0.1, 0.15) is 0 Å². The number of halogens is 1. The number of aliphatic imine (C=N–C) groups is 1. The molecule has 3 N–H and O–H groups in total. The van der Waals surface area contributed by atoms with Crippen LogP contribution in [0.1, 0.15) is 25.9 Å². The van der Waals surface area contributed by atoms with Gasteiger partial charge < -0.3 is 16.0 Å². The van der Waals surface area contributed by atoms with E-state index in [9.17, 15) is 4.79 Å². The number of nitrogens with one attached hydrogen (secondary N) is 3. The summed E-state index contributed by atoms with van der Waals surface area (Å²) in [6.45, 7) is 5.96. The number of amides is 1. The Balaban J connectivity index is 0.00000338. The lowest BCUT2D eigenvalue weighted by atomic mass is 10.3. The van der Waals surface area contributed by atoms with Crippen molar-refractivity contribution in [1.82, 2.24) is 25.9 Å². The summed E-state index contributed by atoms with van der Waals surface area (Å²) < 4.78 is 0. The summed E-state index contributed by atoms with van der Waals surface area (Å²) in [6.07, 6.45) is 4.05. The molecule has 0 spiro atoms. The van der Waals surface area contributed by atoms with Crippen molar-refractivity contribution in [3.05, 3.63) is 45.7 Å². The van der Waals surface area contributed by atoms with E-state index < -0.39 is 0 Å². The summed E-state index contributed by atoms with van der Waals surface area (Å²) in [5, 5.41) is 10.4. The normalized spacial score (nSPS) is 10.8. The number of guanidine groups is 1. The largest absolute Gasteiger partial charge is 0.356 e. The molecule has 0 aliphatic carbocycles. The van der Waals surface area contributed by atoms with Crippen molar-refractivity contribution >= 4 is 47.2 Å². The van der Waals surface area contributed by atoms with Crippen LogP contribution in [0, 0.1) is 13.8 Å². The highest BCUT2D eigenvalue weighted by molar-refractivity contribution is 14.0. The number of carbonyl (C=O) groups excluding carboxylic acids is 1. The van der Waals surface area contributed by atoms with Crippen LogP contribution in [0.4, 0.5) is 0 Å². The smallest absolute Gasteiger partial charge is 0.252 e. The van der Waals surface area contributed by atoms with E-state index in [2.05, 4.69) is 37.8 Å². The van der Waals surface area contributed by atoms with E-state index in [1.165, 1.54) is 4.88 Å². The van der Waals surface area contributed by atoms with Crippen LogP contribution in [0.5, 0.6) is 0 Å². The van der Waals surface area contributed by atoms with Gasteiger partial charge in [-0.05, 0) is 26.0 Å². The molecule has 0 unspecified atom stereocenters. The molecule has 2 aromatic rings. The Morgan fingerprint density at radius 3 is 2.54 bits per heavy atom. The summed E-state index contributed by atoms with van der Waals surface area (Å²) in [5.41, 5.74) is 1.66. The third-order valence-electron chi connectivity index (χ3n) is 3.55. The molecule has 0 fully saturated rings. The van der Waals surface area contributed by atoms with Crippen LogP contribution in [-0.4, -0.2) is 48.5 Å². The lowest BCUT2D eigenvalue weighted by Crippen LogP contribution is -2.42. The highest BCUT2D eigenvalue weighted by Crippen LogP contribution is 2.16. The van der Waals surface area contributed by atoms with E-state index in [1.54, 1.807) is 42.9 Å². The fourth-order valence-electron chi connectivity index (χ4n) is 2.11. The first-order chi connectivity index (χ1) is 12.1. The molecular formula is C17H25IN6OS. The molecule has 7 nitrogen and oxygen atoms in total. The van der Waals surface area contributed by atoms with Gasteiger partial charge in [-0.2, -0.15) is 0 Å². The molecule has 0 bridgehead atoms. The molecule has 2 heterocycles. The number of aromatic nitrogens is 2. The lowest BCUT2D eigenvalue weighted by molar-refractivity contribution is 0.0954. The number of aryl methyl sites for hydroxylation is 2. The van der Waals surface area contributed by atoms with Crippen molar-refractivity contribution in [3.63, 3.8) is 0 Å². The van der Waals surface area contributed by atoms with Crippen LogP contribution >= 0.6 is 35.3 Å². The van der Waals surface area contributed by atoms with Gasteiger partial charge in [-0.1, -0.05) is 0 Å². The first kappa shape index (κ1) is 22.3. The van der Waals surface area contributed by atoms with Gasteiger partial charge in [0, 0.05) is 50.4 Å². The molecule has 2 rings (SSSR count). The minimum absolute atomic E-state index is 0. The van der Waals surface area contributed by atoms with Crippen molar-refractivity contribution in [1.29, 1.82) is 0 Å². The van der Waals surface area contributed by atoms with Crippen LogP contribution in [0.2, 0.25) is 0 Å². The third kappa shape index (κ3) is 7.24. The van der Waals surface area contributed by atoms with Crippen LogP contribution in [-0.2, 0) is 6.42 Å². The second-order valence-electron chi connectivity index (χ2n) is 5.42. The van der Waals surface area contributed by atoms with Gasteiger partial charge in [-0.3, -0.25) is 14.8 Å². The van der Waals surface area contributed by atoms with Gasteiger partial charge >= 0.3 is 0 Å². The summed E-state index contributed by atoms with van der Waals surface area (Å²) >= 11 is 1.73. The highest BCUT2D eigenvalue weighted by atomic mass is 127. The molecule has 26 heavy (non-hydrogen) atoms. The quantitative estimate of drug-likeness (QED) is 0.240. The number of nitrogens with zero attached hydrogens (tertiary/aromatic N) is 3. The first-order valence-electron chi connectivity index (χ1n) is 8.16. The van der Waals surface area contributed by atoms with Gasteiger partial charge in [-0.25, -0.2) is 4.98 Å². The van der Waals surface area contributed by atoms with Crippen molar-refractivity contribution in [2.45, 2.75) is 20.3 Å². The lowest BCUT2D eigenvalue weighted by Gasteiger charge is -2.11. The zero-order valence-corrected chi connectivity index (χ0v) is 18.4. The van der Waals surface area contributed by atoms with E-state index in [0.717, 1.165) is 23.7 Å². The molecule has 142 valence electrons. The topological polar surface area (TPSA) is 91.3 Å². The summed E-state index contributed by atoms with van der Waals surface area (Å²) in [7, 11) is 1.72. The van der Waals surface area contributed by atoms with E-state index in [-0.39, 0.29) is 29.9 Å². The SMILES string of the molecule is CN=C(NCCNC(=O)c1cccnc1)NCCc1nc(C)c(C)s1.I. The number of carbonyl (C=O) groups is 1. The monoisotopic (exact) mass is 488 g/mol. The Hall–Kier alpha value is -1.75. The number of hydrogen-bond acceptors (Lipinski definition) is 5. The number of pyridine rings is 1. The summed E-state index contributed by atoms with van der Waals surface area (Å²) in [6, 6.07) is 3.47. The molecular weight excluding hydrogens is 463 g/mol. The fraction of sp³-hybridized carbons (Fsp3) is 0.412. The Kier molecular flexibility index (Phi) is 10.1. The minimum Gasteiger partial charge on any atom is -0.356 e. The van der Waals surface area contributed by atoms with Crippen LogP contribution in [0.25, 0.3) is 0 Å². The standard InChI is InChI=1S/C17H24N6OS.HI/c1-12-13(2)25-15(23-12)6-8-21-17(18-3)22-10-9-20-16(24)14-5-4-7-19-11-14;/h4-5,7,11H,6,8-10H2,1-3H3,(H,20,24)(H2,18,21,22);1H. The predicted octanol–water partition coefficient (Wildman–Crippen LogP) is 1.91. The second-order valence-corrected chi connectivity index (χ2v) is 6.71. The summed E-state index contributed by atoms with van der Waals surface area (Å²) in [5.74, 6) is 0.577. The molecule has 0 aliphatic rings. The maximum absolute atomic E-state index is 11.9. The third-order valence-corrected chi connectivity index (χ3v) is 4.69. The zero-order valence-electron chi connectivity index (χ0n) is 15.2. The molecule has 0 aromatic carbocycles. The van der Waals surface area contributed by atoms with E-state index in [4.69, 9.17) is 0 Å². The zero-order chi connectivity index (χ0) is 18.1. The average molecular weight is 488 g/mol. The van der Waals surface area contributed by atoms with Crippen molar-refractivity contribution < 1.29 is 4.79 Å². The van der Waals surface area contributed by atoms with Gasteiger partial charge in [0.25, 0.3) is 5.91 Å². The minimum atomic E-state index is -0.132. The van der Waals surface area contributed by atoms with Crippen molar-refractivity contribution in [2.24, 2.45) is 4.99 Å². The highest BCUT2D eigenvalue weighted by Gasteiger charge is 2.05. The fourth-order valence-corrected chi connectivity index (χ4v) is 3.04. The maximum Gasteiger partial charge on any atom is 0.252 e. The molecule has 1 amide bonds. The molecule has 0 saturated carbocycles. The molecule has 0 atom stereocenters. The van der Waals surface area contributed by atoms with E-state index in [1.807, 2.05) is 6.92 Å². The molecule has 0 saturated heterocycles. The predicted molar refractivity (Wildman–Crippen MR) is 117 cm³/mol. The van der Waals surface area contributed by atoms with Gasteiger partial charge in [0.15, 0.2) is 5.96 Å². The maximum atomic E-state index is 11.9. The Bertz CT molecular complexity index is 700. The van der Waals surface area contributed by atoms with Gasteiger partial charge in [0.05, 0.1) is 16.3 Å². The van der Waals surface area contributed by atoms with E-state index >= 15 is 0 Å². The van der Waals surface area contributed by atoms with Crippen molar-refractivity contribution in [2.75, 3.05) is 26.7 Å². The van der Waals surface area contributed by atoms with Crippen molar-refractivity contribution in [3.8, 4) is 0 Å². The number of rotatable bonds is 7. The molecule has 2 aromatic heterocycles. The Morgan fingerprint density at radius 1 is 1.19 bits per heavy atom. The summed E-state index contributed by atoms with van der Waals surface area (Å²) in [4.78, 5) is 25.8. The number of hydrogen-bond donors (Lipinski definition) is 3. The molecule has 9 heteroatoms. The molecule has 0 aliphatic heterocycles. The van der Waals surface area contributed by atoms with Crippen LogP contribution < -0.4 is 16.0 Å². The van der Waals surface area contributed by atoms with Gasteiger partial charge in [-0.15, -0.1) is 35.3 Å². The Labute approximate surface area is 175 Å². The first-order valence-corrected chi connectivity index (χ1v) is 8.97. The number of thiazole rings is 1. The van der Waals surface area contributed by atoms with Crippen LogP contribution in [0.15, 0.2) is 29.5 Å². The van der Waals surface area contributed by atoms with E-state index in [0.29, 0.717) is 24.6 Å². The van der Waals surface area contributed by atoms with Crippen LogP contribution in [0.3, 0.4) is 0 Å². The van der Waals surface area contributed by atoms with Gasteiger partial charge in [0.2, 0.25) is 0 Å². The molecule has 0 radical (unpaired) electrons. The second kappa shape index (κ2) is 11.8. The average Bonchev–Trinajstić information content (AvgIpc) is 2.95. The Morgan fingerprint density at radius 2 is 1.92 bits per heavy atom.